The maximum Gasteiger partial charge on any atom is 0.243 e. The van der Waals surface area contributed by atoms with Crippen molar-refractivity contribution in [1.82, 2.24) is 4.31 Å². The van der Waals surface area contributed by atoms with E-state index in [0.29, 0.717) is 31.1 Å². The topological polar surface area (TPSA) is 75.7 Å². The third-order valence-electron chi connectivity index (χ3n) is 3.51. The summed E-state index contributed by atoms with van der Waals surface area (Å²) < 4.78 is 31.8. The van der Waals surface area contributed by atoms with E-state index >= 15 is 0 Å². The Morgan fingerprint density at radius 3 is 2.70 bits per heavy atom. The Balaban J connectivity index is 1.97. The number of nitrogens with zero attached hydrogens (tertiary/aromatic N) is 1. The van der Waals surface area contributed by atoms with Crippen molar-refractivity contribution in [3.63, 3.8) is 0 Å². The van der Waals surface area contributed by atoms with Crippen LogP contribution in [0.3, 0.4) is 0 Å². The zero-order chi connectivity index (χ0) is 14.2. The second-order valence-electron chi connectivity index (χ2n) is 4.92. The number of carbonyl (C=O) groups excluding carboxylic acids is 1. The predicted molar refractivity (Wildman–Crippen MR) is 73.2 cm³/mol. The molecule has 0 radical (unpaired) electrons. The first-order valence-electron chi connectivity index (χ1n) is 6.64. The Kier molecular flexibility index (Phi) is 3.39. The van der Waals surface area contributed by atoms with Crippen molar-refractivity contribution in [3.8, 4) is 5.75 Å². The Labute approximate surface area is 117 Å². The summed E-state index contributed by atoms with van der Waals surface area (Å²) >= 11 is 0. The van der Waals surface area contributed by atoms with Gasteiger partial charge in [-0.2, -0.15) is 4.31 Å². The van der Waals surface area contributed by atoms with Gasteiger partial charge in [-0.15, -0.1) is 0 Å². The van der Waals surface area contributed by atoms with Gasteiger partial charge < -0.3 is 10.1 Å². The van der Waals surface area contributed by atoms with Crippen LogP contribution in [-0.4, -0.2) is 38.3 Å². The molecule has 0 aliphatic carbocycles. The van der Waals surface area contributed by atoms with E-state index < -0.39 is 10.0 Å². The van der Waals surface area contributed by atoms with Gasteiger partial charge in [0.2, 0.25) is 15.9 Å². The van der Waals surface area contributed by atoms with Crippen LogP contribution in [0.15, 0.2) is 23.1 Å². The minimum atomic E-state index is -3.48. The second kappa shape index (κ2) is 5.06. The molecule has 2 heterocycles. The molecule has 0 atom stereocenters. The van der Waals surface area contributed by atoms with Gasteiger partial charge in [0.05, 0.1) is 23.6 Å². The molecule has 1 saturated heterocycles. The zero-order valence-corrected chi connectivity index (χ0v) is 11.8. The highest BCUT2D eigenvalue weighted by Crippen LogP contribution is 2.31. The molecular weight excluding hydrogens is 280 g/mol. The molecule has 1 amide bonds. The van der Waals surface area contributed by atoms with E-state index in [0.717, 1.165) is 12.8 Å². The van der Waals surface area contributed by atoms with E-state index in [1.54, 1.807) is 6.07 Å². The van der Waals surface area contributed by atoms with E-state index in [-0.39, 0.29) is 17.2 Å². The maximum absolute atomic E-state index is 12.5. The summed E-state index contributed by atoms with van der Waals surface area (Å²) in [5.41, 5.74) is 0.424. The Morgan fingerprint density at radius 1 is 1.20 bits per heavy atom. The van der Waals surface area contributed by atoms with Crippen molar-refractivity contribution in [2.45, 2.75) is 24.2 Å². The number of rotatable bonds is 2. The quantitative estimate of drug-likeness (QED) is 0.889. The molecule has 3 rings (SSSR count). The number of hydrogen-bond acceptors (Lipinski definition) is 4. The average Bonchev–Trinajstić information content (AvgIpc) is 2.88. The third kappa shape index (κ3) is 2.38. The van der Waals surface area contributed by atoms with Gasteiger partial charge >= 0.3 is 0 Å². The lowest BCUT2D eigenvalue weighted by atomic mass is 10.3. The lowest BCUT2D eigenvalue weighted by Crippen LogP contribution is -2.27. The average molecular weight is 296 g/mol. The van der Waals surface area contributed by atoms with Gasteiger partial charge in [-0.1, -0.05) is 0 Å². The minimum absolute atomic E-state index is 0.167. The van der Waals surface area contributed by atoms with Crippen LogP contribution < -0.4 is 10.1 Å². The summed E-state index contributed by atoms with van der Waals surface area (Å²) in [5, 5.41) is 2.68. The number of fused-ring (bicyclic) bond motifs is 1. The van der Waals surface area contributed by atoms with Crippen LogP contribution in [0.5, 0.6) is 5.75 Å². The molecule has 1 N–H and O–H groups in total. The van der Waals surface area contributed by atoms with Crippen molar-refractivity contribution < 1.29 is 17.9 Å². The maximum atomic E-state index is 12.5. The number of ether oxygens (including phenoxy) is 1. The molecule has 6 nitrogen and oxygen atoms in total. The highest BCUT2D eigenvalue weighted by atomic mass is 32.2. The fourth-order valence-electron chi connectivity index (χ4n) is 2.44. The van der Waals surface area contributed by atoms with Crippen LogP contribution in [0.25, 0.3) is 0 Å². The minimum Gasteiger partial charge on any atom is -0.491 e. The van der Waals surface area contributed by atoms with Gasteiger partial charge in [0.1, 0.15) is 5.75 Å². The SMILES string of the molecule is O=C1CCOc2ccc(S(=O)(=O)N3CCCC3)cc2N1. The van der Waals surface area contributed by atoms with Crippen LogP contribution in [-0.2, 0) is 14.8 Å². The van der Waals surface area contributed by atoms with E-state index in [1.807, 2.05) is 0 Å². The van der Waals surface area contributed by atoms with Gasteiger partial charge in [-0.05, 0) is 31.0 Å². The molecule has 0 unspecified atom stereocenters. The second-order valence-corrected chi connectivity index (χ2v) is 6.85. The normalized spacial score (nSPS) is 19.9. The highest BCUT2D eigenvalue weighted by Gasteiger charge is 2.28. The van der Waals surface area contributed by atoms with Gasteiger partial charge in [-0.25, -0.2) is 8.42 Å². The molecule has 1 aromatic carbocycles. The van der Waals surface area contributed by atoms with Gasteiger partial charge in [0.15, 0.2) is 0 Å². The van der Waals surface area contributed by atoms with Crippen molar-refractivity contribution >= 4 is 21.6 Å². The molecule has 2 aliphatic heterocycles. The molecule has 0 saturated carbocycles. The summed E-state index contributed by atoms with van der Waals surface area (Å²) in [6, 6.07) is 4.61. The molecule has 0 spiro atoms. The first kappa shape index (κ1) is 13.4. The summed E-state index contributed by atoms with van der Waals surface area (Å²) in [6.45, 7) is 1.42. The molecule has 2 aliphatic rings. The summed E-state index contributed by atoms with van der Waals surface area (Å²) in [6.07, 6.45) is 2.05. The number of benzene rings is 1. The zero-order valence-electron chi connectivity index (χ0n) is 11.0. The number of anilines is 1. The van der Waals surface area contributed by atoms with Crippen LogP contribution in [0, 0.1) is 0 Å². The van der Waals surface area contributed by atoms with Crippen LogP contribution in [0.1, 0.15) is 19.3 Å². The van der Waals surface area contributed by atoms with Gasteiger partial charge in [0, 0.05) is 13.1 Å². The predicted octanol–water partition coefficient (Wildman–Crippen LogP) is 1.19. The summed E-state index contributed by atoms with van der Waals surface area (Å²) in [7, 11) is -3.48. The number of carbonyl (C=O) groups is 1. The van der Waals surface area contributed by atoms with Crippen LogP contribution in [0.4, 0.5) is 5.69 Å². The first-order chi connectivity index (χ1) is 9.57. The molecule has 0 bridgehead atoms. The third-order valence-corrected chi connectivity index (χ3v) is 5.41. The molecule has 108 valence electrons. The molecule has 1 fully saturated rings. The largest absolute Gasteiger partial charge is 0.491 e. The molecule has 0 aromatic heterocycles. The Bertz CT molecular complexity index is 636. The van der Waals surface area contributed by atoms with Crippen molar-refractivity contribution in [3.05, 3.63) is 18.2 Å². The fourth-order valence-corrected chi connectivity index (χ4v) is 3.98. The number of nitrogens with one attached hydrogen (secondary N) is 1. The van der Waals surface area contributed by atoms with Crippen molar-refractivity contribution in [1.29, 1.82) is 0 Å². The number of hydrogen-bond donors (Lipinski definition) is 1. The van der Waals surface area contributed by atoms with E-state index in [2.05, 4.69) is 5.32 Å². The standard InChI is InChI=1S/C13H16N2O4S/c16-13-5-8-19-12-4-3-10(9-11(12)14-13)20(17,18)15-6-1-2-7-15/h3-4,9H,1-2,5-8H2,(H,14,16). The molecule has 20 heavy (non-hydrogen) atoms. The number of sulfonamides is 1. The fraction of sp³-hybridized carbons (Fsp3) is 0.462. The molecule has 7 heteroatoms. The summed E-state index contributed by atoms with van der Waals surface area (Å²) in [5.74, 6) is 0.343. The molecule has 1 aromatic rings. The monoisotopic (exact) mass is 296 g/mol. The molecular formula is C13H16N2O4S. The van der Waals surface area contributed by atoms with Crippen LogP contribution >= 0.6 is 0 Å². The van der Waals surface area contributed by atoms with E-state index in [4.69, 9.17) is 4.74 Å². The Morgan fingerprint density at radius 2 is 1.95 bits per heavy atom. The number of amides is 1. The van der Waals surface area contributed by atoms with E-state index in [9.17, 15) is 13.2 Å². The summed E-state index contributed by atoms with van der Waals surface area (Å²) in [4.78, 5) is 11.7. The Hall–Kier alpha value is -1.60. The lowest BCUT2D eigenvalue weighted by molar-refractivity contribution is -0.116. The van der Waals surface area contributed by atoms with Crippen LogP contribution in [0.2, 0.25) is 0 Å². The van der Waals surface area contributed by atoms with E-state index in [1.165, 1.54) is 16.4 Å². The first-order valence-corrected chi connectivity index (χ1v) is 8.08. The lowest BCUT2D eigenvalue weighted by Gasteiger charge is -2.16. The smallest absolute Gasteiger partial charge is 0.243 e. The van der Waals surface area contributed by atoms with Crippen molar-refractivity contribution in [2.75, 3.05) is 25.0 Å². The van der Waals surface area contributed by atoms with Crippen molar-refractivity contribution in [2.24, 2.45) is 0 Å². The van der Waals surface area contributed by atoms with Gasteiger partial charge in [-0.3, -0.25) is 4.79 Å². The highest BCUT2D eigenvalue weighted by molar-refractivity contribution is 7.89. The van der Waals surface area contributed by atoms with Gasteiger partial charge in [0.25, 0.3) is 0 Å².